The van der Waals surface area contributed by atoms with Crippen LogP contribution in [-0.4, -0.2) is 0 Å². The van der Waals surface area contributed by atoms with Crippen LogP contribution < -0.4 is 0 Å². The van der Waals surface area contributed by atoms with Gasteiger partial charge in [0.05, 0.1) is 0 Å². The maximum Gasteiger partial charge on any atom is 2.00 e. The molecule has 0 aliphatic rings. The summed E-state index contributed by atoms with van der Waals surface area (Å²) in [6.07, 6.45) is 26.8. The molecule has 0 spiro atoms. The summed E-state index contributed by atoms with van der Waals surface area (Å²) in [5.74, 6) is 0. The van der Waals surface area contributed by atoms with Gasteiger partial charge in [0.15, 0.2) is 0 Å². The van der Waals surface area contributed by atoms with Crippen molar-refractivity contribution in [1.29, 1.82) is 0 Å². The van der Waals surface area contributed by atoms with Crippen LogP contribution in [0.4, 0.5) is 0 Å². The molecule has 2 rings (SSSR count). The Balaban J connectivity index is -0.0000000133. The molecular formula is C64H111W2Y9-17. The third kappa shape index (κ3) is 371. The van der Waals surface area contributed by atoms with Crippen LogP contribution in [-0.2, 0) is 337 Å². The summed E-state index contributed by atoms with van der Waals surface area (Å²) in [7, 11) is 0. The van der Waals surface area contributed by atoms with E-state index in [2.05, 4.69) is 101 Å². The van der Waals surface area contributed by atoms with Crippen LogP contribution >= 0.6 is 0 Å². The zero-order chi connectivity index (χ0) is 53.7. The quantitative estimate of drug-likeness (QED) is 0.183. The minimum absolute atomic E-state index is 0. The molecule has 0 amide bonds. The summed E-state index contributed by atoms with van der Waals surface area (Å²) >= 11 is 0. The Morgan fingerprint density at radius 1 is 0.360 bits per heavy atom. The summed E-state index contributed by atoms with van der Waals surface area (Å²) in [6, 6.07) is 21.7. The summed E-state index contributed by atoms with van der Waals surface area (Å²) in [6.45, 7) is 93.7. The fourth-order valence-corrected chi connectivity index (χ4v) is 1.63. The summed E-state index contributed by atoms with van der Waals surface area (Å²) in [4.78, 5) is 0. The van der Waals surface area contributed by atoms with Gasteiger partial charge in [-0.25, -0.2) is 33.3 Å². The van der Waals surface area contributed by atoms with E-state index in [0.29, 0.717) is 0 Å². The molecule has 0 N–H and O–H groups in total. The largest absolute Gasteiger partial charge is 2.00 e. The van der Waals surface area contributed by atoms with Crippen LogP contribution in [0, 0.1) is 129 Å². The van der Waals surface area contributed by atoms with E-state index in [1.165, 1.54) is 30.4 Å². The third-order valence-electron chi connectivity index (χ3n) is 3.39. The van der Waals surface area contributed by atoms with E-state index in [4.69, 9.17) is 19.7 Å². The van der Waals surface area contributed by atoms with Crippen molar-refractivity contribution in [3.8, 4) is 0 Å². The van der Waals surface area contributed by atoms with Crippen molar-refractivity contribution < 1.29 is 337 Å². The van der Waals surface area contributed by atoms with E-state index in [-0.39, 0.29) is 344 Å². The van der Waals surface area contributed by atoms with Gasteiger partial charge in [0, 0.05) is 315 Å². The van der Waals surface area contributed by atoms with Crippen molar-refractivity contribution in [3.63, 3.8) is 0 Å². The molecule has 0 aliphatic carbocycles. The van der Waals surface area contributed by atoms with Crippen molar-refractivity contribution >= 4 is 12.2 Å². The second-order valence-corrected chi connectivity index (χ2v) is 7.29. The van der Waals surface area contributed by atoms with E-state index in [0.717, 1.165) is 49.7 Å². The first-order valence-electron chi connectivity index (χ1n) is 22.7. The van der Waals surface area contributed by atoms with Gasteiger partial charge in [0.1, 0.15) is 0 Å². The summed E-state index contributed by atoms with van der Waals surface area (Å²) in [5.41, 5.74) is 2.15. The van der Waals surface area contributed by atoms with Crippen LogP contribution in [0.1, 0.15) is 160 Å². The normalized spacial score (nSPS) is 5.89. The van der Waals surface area contributed by atoms with Crippen LogP contribution in [0.5, 0.6) is 0 Å². The Bertz CT molecular complexity index is 879. The van der Waals surface area contributed by atoms with Gasteiger partial charge in [-0.05, 0) is 0 Å². The van der Waals surface area contributed by atoms with Gasteiger partial charge in [0.25, 0.3) is 0 Å². The van der Waals surface area contributed by atoms with Gasteiger partial charge >= 0.3 is 21.1 Å². The van der Waals surface area contributed by atoms with Crippen molar-refractivity contribution in [2.45, 2.75) is 149 Å². The predicted molar refractivity (Wildman–Crippen MR) is 315 cm³/mol. The minimum Gasteiger partial charge on any atom is -0.549 e. The first-order valence-corrected chi connectivity index (χ1v) is 22.7. The third-order valence-corrected chi connectivity index (χ3v) is 3.39. The predicted octanol–water partition coefficient (Wildman–Crippen LogP) is 22.1. The van der Waals surface area contributed by atoms with Gasteiger partial charge in [-0.15, -0.1) is 72.8 Å². The molecule has 0 nitrogen and oxygen atoms in total. The van der Waals surface area contributed by atoms with Crippen molar-refractivity contribution in [3.05, 3.63) is 255 Å². The maximum absolute atomic E-state index is 4.84. The average molecular weight is 2050 g/mol. The molecule has 0 heterocycles. The Morgan fingerprint density at radius 2 is 0.533 bits per heavy atom. The first kappa shape index (κ1) is 178. The van der Waals surface area contributed by atoms with Crippen LogP contribution in [0.2, 0.25) is 0 Å². The monoisotopic (exact) mass is 2050 g/mol. The molecule has 0 bridgehead atoms. The van der Waals surface area contributed by atoms with Gasteiger partial charge in [-0.1, -0.05) is 111 Å². The van der Waals surface area contributed by atoms with Crippen molar-refractivity contribution in [1.82, 2.24) is 0 Å². The maximum atomic E-state index is 4.84. The Labute approximate surface area is 738 Å². The smallest absolute Gasteiger partial charge is 0.549 e. The molecule has 0 saturated heterocycles. The van der Waals surface area contributed by atoms with Gasteiger partial charge < -0.3 is 126 Å². The van der Waals surface area contributed by atoms with Crippen LogP contribution in [0.25, 0.3) is 12.2 Å². The molecule has 0 unspecified atom stereocenters. The second kappa shape index (κ2) is 295. The van der Waals surface area contributed by atoms with E-state index < -0.39 is 0 Å². The number of hydrogen-bond donors (Lipinski definition) is 0. The minimum atomic E-state index is 0. The van der Waals surface area contributed by atoms with Crippen LogP contribution in [0.15, 0.2) is 115 Å². The molecular weight excluding hydrogens is 1940 g/mol. The van der Waals surface area contributed by atoms with Gasteiger partial charge in [-0.3, -0.25) is 6.08 Å². The molecule has 75 heavy (non-hydrogen) atoms. The Morgan fingerprint density at radius 3 is 0.613 bits per heavy atom. The molecule has 2 aromatic rings. The van der Waals surface area contributed by atoms with E-state index >= 15 is 0 Å². The molecule has 2 aromatic carbocycles. The van der Waals surface area contributed by atoms with E-state index in [1.54, 1.807) is 18.2 Å². The summed E-state index contributed by atoms with van der Waals surface area (Å²) < 4.78 is 0. The zero-order valence-corrected chi connectivity index (χ0v) is 83.5. The summed E-state index contributed by atoms with van der Waals surface area (Å²) in [5, 5.41) is 0. The molecule has 11 heteroatoms. The number of benzene rings is 2. The molecule has 9 radical (unpaired) electrons. The number of allylic oxidation sites excluding steroid dienone is 11. The fraction of sp³-hybridized carbons (Fsp3) is 0.344. The van der Waals surface area contributed by atoms with Crippen molar-refractivity contribution in [2.24, 2.45) is 0 Å². The van der Waals surface area contributed by atoms with Gasteiger partial charge in [0.2, 0.25) is 0 Å². The molecule has 0 aromatic heterocycles. The van der Waals surface area contributed by atoms with Crippen molar-refractivity contribution in [2.75, 3.05) is 0 Å². The fourth-order valence-electron chi connectivity index (χ4n) is 1.63. The molecule has 0 saturated carbocycles. The Kier molecular flexibility index (Phi) is 699. The number of rotatable bonds is 8. The zero-order valence-electron chi connectivity index (χ0n) is 52.0. The Hall–Kier alpha value is 6.76. The average Bonchev–Trinajstić information content (AvgIpc) is 3.38. The van der Waals surface area contributed by atoms with E-state index in [9.17, 15) is 0 Å². The van der Waals surface area contributed by atoms with E-state index in [1.807, 2.05) is 190 Å². The first-order chi connectivity index (χ1) is 30.8. The van der Waals surface area contributed by atoms with Crippen LogP contribution in [0.3, 0.4) is 0 Å². The molecule has 0 fully saturated rings. The molecule has 0 aliphatic heterocycles. The standard InChI is InChI=1S/2C9H8.C6H10.C5H8.3C4H6.2C3H4.8C2H6.CH3.2W.9Y/c2*1-2-6-9-7-4-3-5-8-9;1-3-5-6-4-2;1-3-5-4-2;3*1-3-4-2;2*1-3-2;8*1-2;;;;;;;;;;;;/h2*2-7H,1H2;5-6H,1-4H2;3,5H,1-2,4H2;3*1,3H,2,4H2;2*1,3H,2H2;8*1-2H3;1H3;;;;;;;;;;;/q9*-2;;;;;;;;;-1;;+2;;;;;;;;;. The second-order valence-electron chi connectivity index (χ2n) is 7.29. The molecule has 423 valence electrons. The topological polar surface area (TPSA) is 0 Å². The SMILES string of the molecule is CC.CC.CC.CC.CC.CC.CC.CC.[CH-]=CC[CH2-].[CH-]=CC[CH2-].[CH-]=CC[CH2-].[CH-]=C[CH2-].[CH-]=C[CH2-].[CH2-]C=CC[CH2-].[CH2-]C=Cc1[c-]cccc1.[CH2-]C=Cc1[c-]cccc1.[CH2-]CC=CC[CH2-].[CH3-].[W+2].[W].[Y].[Y].[Y].[Y].[Y].[Y].[Y].[Y].[Y]. The van der Waals surface area contributed by atoms with Gasteiger partial charge in [-0.2, -0.15) is 67.5 Å². The molecule has 0 atom stereocenters. The number of hydrogen-bond acceptors (Lipinski definition) is 0.